The second kappa shape index (κ2) is 5.85. The Balaban J connectivity index is 1.83. The third-order valence-electron chi connectivity index (χ3n) is 3.37. The van der Waals surface area contributed by atoms with Crippen molar-refractivity contribution in [2.45, 2.75) is 18.9 Å². The zero-order valence-corrected chi connectivity index (χ0v) is 11.5. The van der Waals surface area contributed by atoms with Gasteiger partial charge in [0.15, 0.2) is 0 Å². The molecule has 106 valence electrons. The molecule has 1 N–H and O–H groups in total. The first-order valence-electron chi connectivity index (χ1n) is 6.72. The number of aromatic nitrogens is 3. The maximum absolute atomic E-state index is 10.4. The molecule has 3 aromatic rings. The number of pyridine rings is 1. The Hall–Kier alpha value is -2.53. The first-order chi connectivity index (χ1) is 10.3. The highest BCUT2D eigenvalue weighted by Crippen LogP contribution is 2.30. The van der Waals surface area contributed by atoms with Gasteiger partial charge >= 0.3 is 0 Å². The van der Waals surface area contributed by atoms with E-state index in [-0.39, 0.29) is 5.92 Å². The second-order valence-corrected chi connectivity index (χ2v) is 4.84. The van der Waals surface area contributed by atoms with Crippen LogP contribution in [0.3, 0.4) is 0 Å². The van der Waals surface area contributed by atoms with Crippen molar-refractivity contribution in [1.29, 1.82) is 0 Å². The van der Waals surface area contributed by atoms with Crippen molar-refractivity contribution in [3.8, 4) is 11.4 Å². The van der Waals surface area contributed by atoms with E-state index in [9.17, 15) is 5.11 Å². The molecule has 2 atom stereocenters. The van der Waals surface area contributed by atoms with Crippen LogP contribution in [0.1, 0.15) is 30.4 Å². The summed E-state index contributed by atoms with van der Waals surface area (Å²) in [5.41, 5.74) is 1.61. The molecule has 1 aromatic carbocycles. The number of benzene rings is 1. The maximum atomic E-state index is 10.4. The molecule has 0 aliphatic rings. The van der Waals surface area contributed by atoms with E-state index >= 15 is 0 Å². The molecule has 5 nitrogen and oxygen atoms in total. The third-order valence-corrected chi connectivity index (χ3v) is 3.37. The molecule has 3 rings (SSSR count). The molecule has 0 bridgehead atoms. The SMILES string of the molecule is CC(c1nc(-c2cccnc2)no1)C(O)c1ccccc1. The van der Waals surface area contributed by atoms with Crippen LogP contribution in [0, 0.1) is 0 Å². The molecule has 2 aromatic heterocycles. The van der Waals surface area contributed by atoms with E-state index in [0.29, 0.717) is 11.7 Å². The van der Waals surface area contributed by atoms with Crippen LogP contribution in [-0.4, -0.2) is 20.2 Å². The van der Waals surface area contributed by atoms with Gasteiger partial charge in [-0.15, -0.1) is 0 Å². The van der Waals surface area contributed by atoms with Crippen LogP contribution < -0.4 is 0 Å². The molecule has 0 spiro atoms. The molecule has 2 unspecified atom stereocenters. The zero-order valence-electron chi connectivity index (χ0n) is 11.5. The lowest BCUT2D eigenvalue weighted by Gasteiger charge is -2.15. The van der Waals surface area contributed by atoms with Gasteiger partial charge in [0.25, 0.3) is 0 Å². The monoisotopic (exact) mass is 281 g/mol. The Kier molecular flexibility index (Phi) is 3.75. The number of nitrogens with zero attached hydrogens (tertiary/aromatic N) is 3. The molecular weight excluding hydrogens is 266 g/mol. The molecule has 0 radical (unpaired) electrons. The van der Waals surface area contributed by atoms with Gasteiger partial charge in [0, 0.05) is 18.0 Å². The molecule has 0 amide bonds. The predicted molar refractivity (Wildman–Crippen MR) is 77.3 cm³/mol. The Morgan fingerprint density at radius 2 is 1.90 bits per heavy atom. The number of aliphatic hydroxyl groups excluding tert-OH is 1. The van der Waals surface area contributed by atoms with Crippen molar-refractivity contribution in [2.24, 2.45) is 0 Å². The van der Waals surface area contributed by atoms with Crippen LogP contribution in [0.25, 0.3) is 11.4 Å². The van der Waals surface area contributed by atoms with Gasteiger partial charge in [-0.1, -0.05) is 42.4 Å². The fourth-order valence-electron chi connectivity index (χ4n) is 2.11. The summed E-state index contributed by atoms with van der Waals surface area (Å²) in [7, 11) is 0. The molecule has 0 aliphatic carbocycles. The van der Waals surface area contributed by atoms with Crippen LogP contribution in [0.4, 0.5) is 0 Å². The van der Waals surface area contributed by atoms with E-state index in [2.05, 4.69) is 15.1 Å². The van der Waals surface area contributed by atoms with Crippen molar-refractivity contribution >= 4 is 0 Å². The van der Waals surface area contributed by atoms with Gasteiger partial charge in [0.1, 0.15) is 0 Å². The average molecular weight is 281 g/mol. The molecule has 0 fully saturated rings. The van der Waals surface area contributed by atoms with E-state index in [1.807, 2.05) is 49.4 Å². The van der Waals surface area contributed by atoms with Gasteiger partial charge in [-0.05, 0) is 17.7 Å². The minimum Gasteiger partial charge on any atom is -0.388 e. The fourth-order valence-corrected chi connectivity index (χ4v) is 2.11. The lowest BCUT2D eigenvalue weighted by atomic mass is 9.97. The van der Waals surface area contributed by atoms with Gasteiger partial charge in [-0.2, -0.15) is 4.98 Å². The van der Waals surface area contributed by atoms with Crippen LogP contribution in [0.2, 0.25) is 0 Å². The number of hydrogen-bond acceptors (Lipinski definition) is 5. The van der Waals surface area contributed by atoms with Crippen molar-refractivity contribution in [3.05, 3.63) is 66.3 Å². The molecule has 21 heavy (non-hydrogen) atoms. The Bertz CT molecular complexity index is 698. The fraction of sp³-hybridized carbons (Fsp3) is 0.188. The largest absolute Gasteiger partial charge is 0.388 e. The summed E-state index contributed by atoms with van der Waals surface area (Å²) in [6, 6.07) is 13.1. The third kappa shape index (κ3) is 2.83. The molecule has 0 saturated carbocycles. The standard InChI is InChI=1S/C16H15N3O2/c1-11(14(20)12-6-3-2-4-7-12)16-18-15(19-21-16)13-8-5-9-17-10-13/h2-11,14,20H,1H3. The van der Waals surface area contributed by atoms with Crippen molar-refractivity contribution in [3.63, 3.8) is 0 Å². The van der Waals surface area contributed by atoms with Crippen molar-refractivity contribution < 1.29 is 9.63 Å². The van der Waals surface area contributed by atoms with Crippen LogP contribution in [-0.2, 0) is 0 Å². The van der Waals surface area contributed by atoms with E-state index < -0.39 is 6.10 Å². The summed E-state index contributed by atoms with van der Waals surface area (Å²) in [6.45, 7) is 1.86. The number of hydrogen-bond donors (Lipinski definition) is 1. The number of rotatable bonds is 4. The highest BCUT2D eigenvalue weighted by molar-refractivity contribution is 5.51. The minimum atomic E-state index is -0.687. The Morgan fingerprint density at radius 1 is 1.10 bits per heavy atom. The van der Waals surface area contributed by atoms with Crippen LogP contribution in [0.15, 0.2) is 59.4 Å². The lowest BCUT2D eigenvalue weighted by Crippen LogP contribution is -2.07. The highest BCUT2D eigenvalue weighted by Gasteiger charge is 2.24. The van der Waals surface area contributed by atoms with E-state index in [1.165, 1.54) is 0 Å². The van der Waals surface area contributed by atoms with Crippen molar-refractivity contribution in [2.75, 3.05) is 0 Å². The van der Waals surface area contributed by atoms with Gasteiger partial charge in [-0.3, -0.25) is 4.98 Å². The highest BCUT2D eigenvalue weighted by atomic mass is 16.5. The van der Waals surface area contributed by atoms with Crippen LogP contribution in [0.5, 0.6) is 0 Å². The summed E-state index contributed by atoms with van der Waals surface area (Å²) < 4.78 is 5.27. The van der Waals surface area contributed by atoms with Gasteiger partial charge in [0.05, 0.1) is 12.0 Å². The summed E-state index contributed by atoms with van der Waals surface area (Å²) in [6.07, 6.45) is 2.67. The minimum absolute atomic E-state index is 0.287. The summed E-state index contributed by atoms with van der Waals surface area (Å²) in [4.78, 5) is 8.38. The molecule has 2 heterocycles. The normalized spacial score (nSPS) is 13.8. The van der Waals surface area contributed by atoms with E-state index in [1.54, 1.807) is 12.4 Å². The predicted octanol–water partition coefficient (Wildman–Crippen LogP) is 2.97. The Labute approximate surface area is 122 Å². The topological polar surface area (TPSA) is 72.0 Å². The molecule has 0 saturated heterocycles. The lowest BCUT2D eigenvalue weighted by molar-refractivity contribution is 0.135. The first kappa shape index (κ1) is 13.5. The maximum Gasteiger partial charge on any atom is 0.232 e. The molecule has 0 aliphatic heterocycles. The van der Waals surface area contributed by atoms with Crippen molar-refractivity contribution in [1.82, 2.24) is 15.1 Å². The zero-order chi connectivity index (χ0) is 14.7. The Morgan fingerprint density at radius 3 is 2.62 bits per heavy atom. The van der Waals surface area contributed by atoms with E-state index in [0.717, 1.165) is 11.1 Å². The quantitative estimate of drug-likeness (QED) is 0.796. The first-order valence-corrected chi connectivity index (χ1v) is 6.72. The number of aliphatic hydroxyl groups is 1. The average Bonchev–Trinajstić information content (AvgIpc) is 3.05. The molecule has 5 heteroatoms. The molecular formula is C16H15N3O2. The smallest absolute Gasteiger partial charge is 0.232 e. The summed E-state index contributed by atoms with van der Waals surface area (Å²) in [5, 5.41) is 14.3. The van der Waals surface area contributed by atoms with E-state index in [4.69, 9.17) is 4.52 Å². The van der Waals surface area contributed by atoms with Gasteiger partial charge in [0.2, 0.25) is 11.7 Å². The van der Waals surface area contributed by atoms with Gasteiger partial charge in [-0.25, -0.2) is 0 Å². The second-order valence-electron chi connectivity index (χ2n) is 4.84. The summed E-state index contributed by atoms with van der Waals surface area (Å²) in [5.74, 6) is 0.598. The summed E-state index contributed by atoms with van der Waals surface area (Å²) >= 11 is 0. The van der Waals surface area contributed by atoms with Gasteiger partial charge < -0.3 is 9.63 Å². The van der Waals surface area contributed by atoms with Crippen LogP contribution >= 0.6 is 0 Å².